The van der Waals surface area contributed by atoms with E-state index in [1.54, 1.807) is 6.07 Å². The lowest BCUT2D eigenvalue weighted by Crippen LogP contribution is -2.38. The van der Waals surface area contributed by atoms with Crippen LogP contribution in [0.1, 0.15) is 29.0 Å². The number of pyridine rings is 1. The van der Waals surface area contributed by atoms with E-state index in [0.717, 1.165) is 10.0 Å². The maximum absolute atomic E-state index is 11.9. The summed E-state index contributed by atoms with van der Waals surface area (Å²) in [5, 5.41) is 5.75. The number of nitrogens with one attached hydrogen (secondary N) is 2. The number of hydrogen-bond acceptors (Lipinski definition) is 3. The van der Waals surface area contributed by atoms with Crippen LogP contribution in [0.4, 0.5) is 0 Å². The third-order valence-electron chi connectivity index (χ3n) is 3.11. The Morgan fingerprint density at radius 3 is 2.61 bits per heavy atom. The minimum absolute atomic E-state index is 0.131. The molecule has 0 fully saturated rings. The Hall–Kier alpha value is -1.92. The van der Waals surface area contributed by atoms with Gasteiger partial charge in [-0.2, -0.15) is 0 Å². The highest BCUT2D eigenvalue weighted by Gasteiger charge is 2.12. The summed E-state index contributed by atoms with van der Waals surface area (Å²) in [6, 6.07) is 10.5. The molecule has 2 N–H and O–H groups in total. The van der Waals surface area contributed by atoms with Gasteiger partial charge in [0.2, 0.25) is 5.91 Å². The number of carbonyl (C=O) groups excluding carboxylic acids is 2. The maximum Gasteiger partial charge on any atom is 0.270 e. The number of halogens is 2. The zero-order valence-corrected chi connectivity index (χ0v) is 14.7. The number of carbonyl (C=O) groups is 2. The molecule has 1 atom stereocenters. The zero-order chi connectivity index (χ0) is 16.8. The van der Waals surface area contributed by atoms with Gasteiger partial charge >= 0.3 is 0 Å². The lowest BCUT2D eigenvalue weighted by molar-refractivity contribution is -0.120. The number of hydrogen-bond donors (Lipinski definition) is 2. The molecule has 1 heterocycles. The van der Waals surface area contributed by atoms with Gasteiger partial charge in [-0.3, -0.25) is 14.6 Å². The first-order chi connectivity index (χ1) is 11.0. The summed E-state index contributed by atoms with van der Waals surface area (Å²) in [7, 11) is 0. The minimum Gasteiger partial charge on any atom is -0.348 e. The van der Waals surface area contributed by atoms with Crippen molar-refractivity contribution < 1.29 is 9.59 Å². The molecular formula is C16H15BrClN3O2. The molecule has 1 unspecified atom stereocenters. The zero-order valence-electron chi connectivity index (χ0n) is 12.3. The summed E-state index contributed by atoms with van der Waals surface area (Å²) in [6.45, 7) is 1.75. The molecule has 0 bridgehead atoms. The molecule has 120 valence electrons. The monoisotopic (exact) mass is 395 g/mol. The normalized spacial score (nSPS) is 11.6. The van der Waals surface area contributed by atoms with Crippen molar-refractivity contribution in [3.8, 4) is 0 Å². The first kappa shape index (κ1) is 17.4. The topological polar surface area (TPSA) is 71.1 Å². The van der Waals surface area contributed by atoms with Crippen LogP contribution in [0.3, 0.4) is 0 Å². The first-order valence-electron chi connectivity index (χ1n) is 6.90. The van der Waals surface area contributed by atoms with Crippen LogP contribution in [-0.4, -0.2) is 23.3 Å². The highest BCUT2D eigenvalue weighted by Crippen LogP contribution is 2.16. The van der Waals surface area contributed by atoms with Crippen LogP contribution in [-0.2, 0) is 4.79 Å². The molecule has 2 rings (SSSR count). The van der Waals surface area contributed by atoms with Gasteiger partial charge < -0.3 is 10.6 Å². The first-order valence-corrected chi connectivity index (χ1v) is 8.07. The van der Waals surface area contributed by atoms with Gasteiger partial charge in [0.1, 0.15) is 5.69 Å². The van der Waals surface area contributed by atoms with E-state index in [9.17, 15) is 9.59 Å². The number of aromatic nitrogens is 1. The Kier molecular flexibility index (Phi) is 6.12. The van der Waals surface area contributed by atoms with Gasteiger partial charge in [-0.25, -0.2) is 0 Å². The van der Waals surface area contributed by atoms with Gasteiger partial charge in [-0.1, -0.05) is 39.7 Å². The molecule has 7 heteroatoms. The third kappa shape index (κ3) is 5.33. The van der Waals surface area contributed by atoms with Crippen molar-refractivity contribution in [1.82, 2.24) is 15.6 Å². The lowest BCUT2D eigenvalue weighted by atomic mass is 10.1. The van der Waals surface area contributed by atoms with Crippen LogP contribution >= 0.6 is 27.5 Å². The van der Waals surface area contributed by atoms with Crippen molar-refractivity contribution in [2.24, 2.45) is 0 Å². The summed E-state index contributed by atoms with van der Waals surface area (Å²) < 4.78 is 0.973. The molecule has 23 heavy (non-hydrogen) atoms. The van der Waals surface area contributed by atoms with Crippen molar-refractivity contribution >= 4 is 39.3 Å². The Morgan fingerprint density at radius 1 is 1.26 bits per heavy atom. The molecule has 1 aromatic carbocycles. The SMILES string of the molecule is CC(NC(=O)CNC(=O)c1cc(Cl)ccn1)c1ccc(Br)cc1. The summed E-state index contributed by atoms with van der Waals surface area (Å²) in [5.74, 6) is -0.727. The van der Waals surface area contributed by atoms with Crippen LogP contribution < -0.4 is 10.6 Å². The number of nitrogens with zero attached hydrogens (tertiary/aromatic N) is 1. The predicted molar refractivity (Wildman–Crippen MR) is 92.3 cm³/mol. The minimum atomic E-state index is -0.445. The van der Waals surface area contributed by atoms with Crippen molar-refractivity contribution in [1.29, 1.82) is 0 Å². The largest absolute Gasteiger partial charge is 0.348 e. The number of benzene rings is 1. The molecule has 5 nitrogen and oxygen atoms in total. The van der Waals surface area contributed by atoms with E-state index >= 15 is 0 Å². The van der Waals surface area contributed by atoms with Crippen molar-refractivity contribution in [3.05, 3.63) is 63.3 Å². The Labute approximate surface area is 147 Å². The van der Waals surface area contributed by atoms with Gasteiger partial charge in [0, 0.05) is 15.7 Å². The Morgan fingerprint density at radius 2 is 1.96 bits per heavy atom. The van der Waals surface area contributed by atoms with Crippen molar-refractivity contribution in [2.45, 2.75) is 13.0 Å². The van der Waals surface area contributed by atoms with E-state index in [-0.39, 0.29) is 24.2 Å². The van der Waals surface area contributed by atoms with Crippen LogP contribution in [0.25, 0.3) is 0 Å². The summed E-state index contributed by atoms with van der Waals surface area (Å²) in [4.78, 5) is 27.7. The Balaban J connectivity index is 1.85. The smallest absolute Gasteiger partial charge is 0.270 e. The second-order valence-electron chi connectivity index (χ2n) is 4.88. The second kappa shape index (κ2) is 8.08. The highest BCUT2D eigenvalue weighted by atomic mass is 79.9. The van der Waals surface area contributed by atoms with E-state index in [1.807, 2.05) is 31.2 Å². The van der Waals surface area contributed by atoms with Crippen LogP contribution in [0, 0.1) is 0 Å². The average Bonchev–Trinajstić information content (AvgIpc) is 2.53. The van der Waals surface area contributed by atoms with E-state index in [1.165, 1.54) is 12.3 Å². The molecule has 0 aliphatic carbocycles. The second-order valence-corrected chi connectivity index (χ2v) is 6.23. The fraction of sp³-hybridized carbons (Fsp3) is 0.188. The fourth-order valence-electron chi connectivity index (χ4n) is 1.91. The summed E-state index contributed by atoms with van der Waals surface area (Å²) in [5.41, 5.74) is 1.15. The van der Waals surface area contributed by atoms with E-state index in [2.05, 4.69) is 31.5 Å². The summed E-state index contributed by atoms with van der Waals surface area (Å²) >= 11 is 9.16. The Bertz CT molecular complexity index is 707. The molecule has 0 aliphatic heterocycles. The van der Waals surface area contributed by atoms with Gasteiger partial charge in [0.15, 0.2) is 0 Å². The number of amides is 2. The molecule has 2 aromatic rings. The van der Waals surface area contributed by atoms with Gasteiger partial charge in [0.25, 0.3) is 5.91 Å². The van der Waals surface area contributed by atoms with Gasteiger partial charge in [-0.15, -0.1) is 0 Å². The standard InChI is InChI=1S/C16H15BrClN3O2/c1-10(11-2-4-12(17)5-3-11)21-15(22)9-20-16(23)14-8-13(18)6-7-19-14/h2-8,10H,9H2,1H3,(H,20,23)(H,21,22). The van der Waals surface area contributed by atoms with Crippen molar-refractivity contribution in [3.63, 3.8) is 0 Å². The van der Waals surface area contributed by atoms with Crippen molar-refractivity contribution in [2.75, 3.05) is 6.54 Å². The molecule has 1 aromatic heterocycles. The van der Waals surface area contributed by atoms with Gasteiger partial charge in [-0.05, 0) is 36.8 Å². The maximum atomic E-state index is 11.9. The summed E-state index contributed by atoms with van der Waals surface area (Å²) in [6.07, 6.45) is 1.44. The molecular weight excluding hydrogens is 382 g/mol. The quantitative estimate of drug-likeness (QED) is 0.816. The third-order valence-corrected chi connectivity index (χ3v) is 3.88. The molecule has 0 spiro atoms. The molecule has 0 saturated carbocycles. The predicted octanol–water partition coefficient (Wildman–Crippen LogP) is 3.10. The number of rotatable bonds is 5. The van der Waals surface area contributed by atoms with Crippen LogP contribution in [0.15, 0.2) is 47.1 Å². The van der Waals surface area contributed by atoms with E-state index < -0.39 is 5.91 Å². The van der Waals surface area contributed by atoms with E-state index in [4.69, 9.17) is 11.6 Å². The van der Waals surface area contributed by atoms with Gasteiger partial charge in [0.05, 0.1) is 12.6 Å². The molecule has 0 radical (unpaired) electrons. The fourth-order valence-corrected chi connectivity index (χ4v) is 2.33. The lowest BCUT2D eigenvalue weighted by Gasteiger charge is -2.14. The molecule has 0 saturated heterocycles. The average molecular weight is 397 g/mol. The molecule has 0 aliphatic rings. The highest BCUT2D eigenvalue weighted by molar-refractivity contribution is 9.10. The van der Waals surface area contributed by atoms with Crippen LogP contribution in [0.5, 0.6) is 0 Å². The van der Waals surface area contributed by atoms with E-state index in [0.29, 0.717) is 5.02 Å². The molecule has 2 amide bonds. The van der Waals surface area contributed by atoms with Crippen LogP contribution in [0.2, 0.25) is 5.02 Å².